The number of ether oxygens (including phenoxy) is 4. The van der Waals surface area contributed by atoms with Crippen LogP contribution >= 0.6 is 0 Å². The molecule has 3 fully saturated rings. The van der Waals surface area contributed by atoms with Gasteiger partial charge in [0.1, 0.15) is 23.4 Å². The molecule has 3 amide bonds. The molecule has 2 N–H and O–H groups in total. The van der Waals surface area contributed by atoms with E-state index in [2.05, 4.69) is 37.5 Å². The SMILES string of the molecule is CCC(=O)NCCN(C)CC(=O)NC(=O)OC1CC[C@]2(CO2)C([C@]2(C)O[C@@H]2CC=C(C)C)C1OC. The van der Waals surface area contributed by atoms with Crippen LogP contribution in [0.15, 0.2) is 11.6 Å². The van der Waals surface area contributed by atoms with Gasteiger partial charge in [0.25, 0.3) is 0 Å². The lowest BCUT2D eigenvalue weighted by Gasteiger charge is -2.42. The Morgan fingerprint density at radius 1 is 1.23 bits per heavy atom. The van der Waals surface area contributed by atoms with Gasteiger partial charge >= 0.3 is 6.09 Å². The molecule has 0 aromatic rings. The second kappa shape index (κ2) is 11.4. The average Bonchev–Trinajstić information content (AvgIpc) is 3.70. The largest absolute Gasteiger partial charge is 0.443 e. The number of alkyl carbamates (subject to hydrolysis) is 1. The number of hydrogen-bond donors (Lipinski definition) is 2. The minimum atomic E-state index is -0.788. The summed E-state index contributed by atoms with van der Waals surface area (Å²) >= 11 is 0. The highest BCUT2D eigenvalue weighted by atomic mass is 16.6. The maximum Gasteiger partial charge on any atom is 0.414 e. The Kier molecular flexibility index (Phi) is 8.96. The maximum atomic E-state index is 12.5. The molecular formula is C25H41N3O7. The molecule has 3 rings (SSSR count). The zero-order valence-corrected chi connectivity index (χ0v) is 21.8. The van der Waals surface area contributed by atoms with Crippen molar-refractivity contribution in [3.05, 3.63) is 11.6 Å². The first-order chi connectivity index (χ1) is 16.5. The van der Waals surface area contributed by atoms with Gasteiger partial charge in [-0.1, -0.05) is 18.6 Å². The first-order valence-corrected chi connectivity index (χ1v) is 12.5. The summed E-state index contributed by atoms with van der Waals surface area (Å²) in [5.41, 5.74) is 0.510. The fourth-order valence-electron chi connectivity index (χ4n) is 5.23. The van der Waals surface area contributed by atoms with E-state index in [1.807, 2.05) is 0 Å². The van der Waals surface area contributed by atoms with Crippen LogP contribution in [-0.2, 0) is 28.5 Å². The number of nitrogens with one attached hydrogen (secondary N) is 2. The van der Waals surface area contributed by atoms with Crippen LogP contribution in [0.4, 0.5) is 4.79 Å². The van der Waals surface area contributed by atoms with Crippen LogP contribution in [0.1, 0.15) is 53.4 Å². The predicted molar refractivity (Wildman–Crippen MR) is 129 cm³/mol. The topological polar surface area (TPSA) is 122 Å². The predicted octanol–water partition coefficient (Wildman–Crippen LogP) is 1.77. The highest BCUT2D eigenvalue weighted by molar-refractivity contribution is 5.92. The molecule has 1 spiro atoms. The van der Waals surface area contributed by atoms with E-state index in [9.17, 15) is 14.4 Å². The Labute approximate surface area is 208 Å². The van der Waals surface area contributed by atoms with Crippen molar-refractivity contribution in [2.45, 2.75) is 82.9 Å². The number of epoxide rings is 2. The lowest BCUT2D eigenvalue weighted by molar-refractivity contribution is -0.126. The molecule has 1 aliphatic carbocycles. The number of imide groups is 1. The van der Waals surface area contributed by atoms with Gasteiger partial charge in [-0.15, -0.1) is 0 Å². The molecule has 2 aliphatic heterocycles. The van der Waals surface area contributed by atoms with Gasteiger partial charge in [-0.3, -0.25) is 19.8 Å². The molecular weight excluding hydrogens is 454 g/mol. The third-order valence-corrected chi connectivity index (χ3v) is 7.29. The number of allylic oxidation sites excluding steroid dienone is 1. The number of nitrogens with zero attached hydrogens (tertiary/aromatic N) is 1. The van der Waals surface area contributed by atoms with E-state index < -0.39 is 29.8 Å². The zero-order chi connectivity index (χ0) is 25.8. The fourth-order valence-corrected chi connectivity index (χ4v) is 5.23. The van der Waals surface area contributed by atoms with E-state index in [-0.39, 0.29) is 30.1 Å². The maximum absolute atomic E-state index is 12.5. The number of carbonyl (C=O) groups is 3. The third kappa shape index (κ3) is 6.81. The number of rotatable bonds is 11. The summed E-state index contributed by atoms with van der Waals surface area (Å²) in [5, 5.41) is 5.06. The summed E-state index contributed by atoms with van der Waals surface area (Å²) in [6.45, 7) is 9.56. The molecule has 0 bridgehead atoms. The van der Waals surface area contributed by atoms with Crippen molar-refractivity contribution >= 4 is 17.9 Å². The molecule has 10 heteroatoms. The molecule has 3 aliphatic rings. The summed E-state index contributed by atoms with van der Waals surface area (Å²) in [4.78, 5) is 37.9. The molecule has 0 radical (unpaired) electrons. The summed E-state index contributed by atoms with van der Waals surface area (Å²) in [6.07, 6.45) is 3.08. The van der Waals surface area contributed by atoms with Gasteiger partial charge in [0, 0.05) is 26.6 Å². The molecule has 0 aromatic heterocycles. The quantitative estimate of drug-likeness (QED) is 0.329. The molecule has 198 valence electrons. The van der Waals surface area contributed by atoms with E-state index in [0.29, 0.717) is 32.5 Å². The van der Waals surface area contributed by atoms with Crippen molar-refractivity contribution in [3.63, 3.8) is 0 Å². The van der Waals surface area contributed by atoms with Crippen molar-refractivity contribution in [1.82, 2.24) is 15.5 Å². The minimum Gasteiger partial charge on any atom is -0.443 e. The first-order valence-electron chi connectivity index (χ1n) is 12.5. The Bertz CT molecular complexity index is 824. The average molecular weight is 496 g/mol. The normalized spacial score (nSPS) is 33.2. The zero-order valence-electron chi connectivity index (χ0n) is 21.8. The lowest BCUT2D eigenvalue weighted by Crippen LogP contribution is -2.56. The monoisotopic (exact) mass is 495 g/mol. The number of likely N-dealkylation sites (N-methyl/N-ethyl adjacent to an activating group) is 1. The molecule has 35 heavy (non-hydrogen) atoms. The van der Waals surface area contributed by atoms with Crippen molar-refractivity contribution in [2.75, 3.05) is 40.4 Å². The van der Waals surface area contributed by atoms with Crippen molar-refractivity contribution < 1.29 is 33.3 Å². The van der Waals surface area contributed by atoms with E-state index in [0.717, 1.165) is 12.8 Å². The van der Waals surface area contributed by atoms with Crippen LogP contribution in [0, 0.1) is 5.92 Å². The van der Waals surface area contributed by atoms with Crippen LogP contribution in [0.5, 0.6) is 0 Å². The second-order valence-corrected chi connectivity index (χ2v) is 10.3. The summed E-state index contributed by atoms with van der Waals surface area (Å²) in [7, 11) is 3.36. The number of methoxy groups -OCH3 is 1. The molecule has 0 aromatic carbocycles. The molecule has 3 unspecified atom stereocenters. The summed E-state index contributed by atoms with van der Waals surface area (Å²) < 4.78 is 23.6. The van der Waals surface area contributed by atoms with Gasteiger partial charge in [-0.05, 0) is 47.1 Å². The molecule has 2 heterocycles. The van der Waals surface area contributed by atoms with Gasteiger partial charge in [0.2, 0.25) is 11.8 Å². The van der Waals surface area contributed by atoms with Gasteiger partial charge in [-0.2, -0.15) is 0 Å². The van der Waals surface area contributed by atoms with E-state index in [4.69, 9.17) is 18.9 Å². The highest BCUT2D eigenvalue weighted by Crippen LogP contribution is 2.59. The van der Waals surface area contributed by atoms with Gasteiger partial charge in [-0.25, -0.2) is 4.79 Å². The van der Waals surface area contributed by atoms with Crippen LogP contribution in [0.3, 0.4) is 0 Å². The standard InChI is InChI=1S/C25H41N3O7/c1-7-19(29)26-12-13-28(5)14-20(30)27-23(31)34-17-10-11-25(15-33-25)22(21(17)32-6)24(4)18(35-24)9-8-16(2)3/h8,17-18,21-22H,7,9-15H2,1-6H3,(H,26,29)(H,27,30,31)/t17?,18-,21?,22?,24-,25+/m1/s1. The Morgan fingerprint density at radius 3 is 2.54 bits per heavy atom. The number of carbonyl (C=O) groups excluding carboxylic acids is 3. The number of amides is 3. The summed E-state index contributed by atoms with van der Waals surface area (Å²) in [6, 6.07) is 0. The van der Waals surface area contributed by atoms with Crippen molar-refractivity contribution in [1.29, 1.82) is 0 Å². The fraction of sp³-hybridized carbons (Fsp3) is 0.800. The highest BCUT2D eigenvalue weighted by Gasteiger charge is 2.72. The van der Waals surface area contributed by atoms with Gasteiger partial charge < -0.3 is 24.3 Å². The van der Waals surface area contributed by atoms with Crippen LogP contribution in [0.2, 0.25) is 0 Å². The minimum absolute atomic E-state index is 0.00694. The number of hydrogen-bond acceptors (Lipinski definition) is 8. The van der Waals surface area contributed by atoms with Crippen LogP contribution < -0.4 is 10.6 Å². The van der Waals surface area contributed by atoms with Crippen LogP contribution in [-0.4, -0.2) is 92.7 Å². The third-order valence-electron chi connectivity index (χ3n) is 7.29. The molecule has 1 saturated carbocycles. The molecule has 10 nitrogen and oxygen atoms in total. The Morgan fingerprint density at radius 2 is 1.94 bits per heavy atom. The molecule has 6 atom stereocenters. The van der Waals surface area contributed by atoms with Gasteiger partial charge in [0.15, 0.2) is 0 Å². The first kappa shape index (κ1) is 27.6. The smallest absolute Gasteiger partial charge is 0.414 e. The van der Waals surface area contributed by atoms with E-state index >= 15 is 0 Å². The Balaban J connectivity index is 1.53. The molecule has 2 saturated heterocycles. The lowest BCUT2D eigenvalue weighted by atomic mass is 9.68. The Hall–Kier alpha value is -2.01. The second-order valence-electron chi connectivity index (χ2n) is 10.3. The summed E-state index contributed by atoms with van der Waals surface area (Å²) in [5.74, 6) is -0.596. The van der Waals surface area contributed by atoms with Gasteiger partial charge in [0.05, 0.1) is 25.2 Å². The van der Waals surface area contributed by atoms with Crippen molar-refractivity contribution in [2.24, 2.45) is 5.92 Å². The van der Waals surface area contributed by atoms with Crippen molar-refractivity contribution in [3.8, 4) is 0 Å². The van der Waals surface area contributed by atoms with E-state index in [1.165, 1.54) is 5.57 Å². The van der Waals surface area contributed by atoms with Crippen LogP contribution in [0.25, 0.3) is 0 Å². The van der Waals surface area contributed by atoms with E-state index in [1.54, 1.807) is 26.0 Å².